The van der Waals surface area contributed by atoms with Crippen molar-refractivity contribution in [2.24, 2.45) is 29.1 Å². The van der Waals surface area contributed by atoms with E-state index in [1.54, 1.807) is 0 Å². The molecule has 6 aliphatic rings. The van der Waals surface area contributed by atoms with Crippen LogP contribution in [-0.4, -0.2) is 48.5 Å². The number of hydrogen-bond acceptors (Lipinski definition) is 5. The molecule has 0 aromatic carbocycles. The van der Waals surface area contributed by atoms with Crippen molar-refractivity contribution in [3.05, 3.63) is 23.8 Å². The van der Waals surface area contributed by atoms with Crippen LogP contribution in [0.2, 0.25) is 0 Å². The van der Waals surface area contributed by atoms with Crippen molar-refractivity contribution >= 4 is 0 Å². The predicted octanol–water partition coefficient (Wildman–Crippen LogP) is 3.48. The summed E-state index contributed by atoms with van der Waals surface area (Å²) < 4.78 is 40.9. The van der Waals surface area contributed by atoms with Gasteiger partial charge in [0.2, 0.25) is 5.79 Å². The van der Waals surface area contributed by atoms with Gasteiger partial charge in [-0.1, -0.05) is 30.7 Å². The van der Waals surface area contributed by atoms with Gasteiger partial charge in [-0.3, -0.25) is 0 Å². The molecule has 0 bridgehead atoms. The van der Waals surface area contributed by atoms with Gasteiger partial charge < -0.3 is 24.1 Å². The molecule has 2 heterocycles. The fourth-order valence-corrected chi connectivity index (χ4v) is 8.25. The molecule has 5 fully saturated rings. The number of allylic oxidation sites excluding steroid dienone is 4. The molecule has 9 atom stereocenters. The lowest BCUT2D eigenvalue weighted by Crippen LogP contribution is -2.68. The summed E-state index contributed by atoms with van der Waals surface area (Å²) in [5.74, 6) is -0.868. The molecule has 2 aliphatic heterocycles. The van der Waals surface area contributed by atoms with Crippen LogP contribution in [0.3, 0.4) is 0 Å². The molecule has 2 spiro atoms. The molecule has 4 aliphatic carbocycles. The van der Waals surface area contributed by atoms with Gasteiger partial charge in [-0.15, -0.1) is 0 Å². The minimum atomic E-state index is -1.65. The van der Waals surface area contributed by atoms with Crippen LogP contribution in [0.25, 0.3) is 0 Å². The summed E-state index contributed by atoms with van der Waals surface area (Å²) in [6.07, 6.45) is 8.97. The second-order valence-electron chi connectivity index (χ2n) is 10.2. The summed E-state index contributed by atoms with van der Waals surface area (Å²) in [4.78, 5) is 0. The first-order chi connectivity index (χ1) is 13.9. The quantitative estimate of drug-likeness (QED) is 0.624. The smallest absolute Gasteiger partial charge is 0.226 e. The number of hydrogen-bond donors (Lipinski definition) is 1. The Bertz CT molecular complexity index is 770. The molecule has 6 heteroatoms. The Morgan fingerprint density at radius 2 is 1.97 bits per heavy atom. The number of aliphatic hydroxyl groups excluding tert-OH is 1. The fourth-order valence-electron chi connectivity index (χ4n) is 8.25. The van der Waals surface area contributed by atoms with Gasteiger partial charge in [0, 0.05) is 11.3 Å². The number of rotatable bonds is 0. The molecule has 2 unspecified atom stereocenters. The summed E-state index contributed by atoms with van der Waals surface area (Å²) in [5.41, 5.74) is -1.91. The molecule has 6 rings (SSSR count). The van der Waals surface area contributed by atoms with E-state index in [9.17, 15) is 5.11 Å². The lowest BCUT2D eigenvalue weighted by molar-refractivity contribution is -0.249. The minimum Gasteiger partial charge on any atom is -0.390 e. The van der Waals surface area contributed by atoms with Crippen LogP contribution in [0.5, 0.6) is 0 Å². The minimum absolute atomic E-state index is 0.00715. The second-order valence-corrected chi connectivity index (χ2v) is 10.2. The SMILES string of the molecule is C[C@@H]1C[C@@H]2C(C[C@H](O)[C@@]3(F)[C@H]2CCC2=CCC=C[C@@]23C)[C@]12OCOC21COCO1. The van der Waals surface area contributed by atoms with Crippen molar-refractivity contribution < 1.29 is 28.4 Å². The van der Waals surface area contributed by atoms with Crippen molar-refractivity contribution in [3.8, 4) is 0 Å². The third kappa shape index (κ3) is 1.99. The Kier molecular flexibility index (Phi) is 3.86. The third-order valence-electron chi connectivity index (χ3n) is 9.44. The number of alkyl halides is 1. The maximum absolute atomic E-state index is 17.1. The highest BCUT2D eigenvalue weighted by atomic mass is 19.1. The van der Waals surface area contributed by atoms with E-state index in [1.165, 1.54) is 0 Å². The van der Waals surface area contributed by atoms with E-state index in [1.807, 2.05) is 13.0 Å². The van der Waals surface area contributed by atoms with E-state index < -0.39 is 28.6 Å². The van der Waals surface area contributed by atoms with E-state index in [-0.39, 0.29) is 37.3 Å². The molecular weight excluding hydrogens is 375 g/mol. The highest BCUT2D eigenvalue weighted by molar-refractivity contribution is 5.37. The number of halogens is 1. The van der Waals surface area contributed by atoms with E-state index in [2.05, 4.69) is 19.1 Å². The lowest BCUT2D eigenvalue weighted by Gasteiger charge is -2.60. The first kappa shape index (κ1) is 18.9. The van der Waals surface area contributed by atoms with Crippen molar-refractivity contribution in [1.29, 1.82) is 0 Å². The van der Waals surface area contributed by atoms with Crippen LogP contribution in [0.1, 0.15) is 46.0 Å². The molecule has 0 aromatic rings. The van der Waals surface area contributed by atoms with Crippen LogP contribution in [0.4, 0.5) is 4.39 Å². The summed E-state index contributed by atoms with van der Waals surface area (Å²) in [6, 6.07) is 0. The first-order valence-electron chi connectivity index (χ1n) is 11.1. The molecule has 5 nitrogen and oxygen atoms in total. The fraction of sp³-hybridized carbons (Fsp3) is 0.826. The van der Waals surface area contributed by atoms with E-state index in [4.69, 9.17) is 18.9 Å². The number of aliphatic hydroxyl groups is 1. The van der Waals surface area contributed by atoms with E-state index in [0.29, 0.717) is 13.0 Å². The average Bonchev–Trinajstić information content (AvgIpc) is 3.39. The molecular formula is C23H31FO5. The molecule has 1 N–H and O–H groups in total. The van der Waals surface area contributed by atoms with E-state index in [0.717, 1.165) is 31.3 Å². The Morgan fingerprint density at radius 1 is 1.14 bits per heavy atom. The third-order valence-corrected chi connectivity index (χ3v) is 9.44. The van der Waals surface area contributed by atoms with Crippen LogP contribution >= 0.6 is 0 Å². The van der Waals surface area contributed by atoms with Gasteiger partial charge in [-0.25, -0.2) is 4.39 Å². The molecule has 3 saturated carbocycles. The van der Waals surface area contributed by atoms with Gasteiger partial charge in [0.15, 0.2) is 19.3 Å². The lowest BCUT2D eigenvalue weighted by atomic mass is 9.48. The Labute approximate surface area is 171 Å². The van der Waals surface area contributed by atoms with Gasteiger partial charge in [0.1, 0.15) is 12.2 Å². The van der Waals surface area contributed by atoms with Crippen LogP contribution < -0.4 is 0 Å². The Hall–Kier alpha value is -0.790. The Morgan fingerprint density at radius 3 is 2.76 bits per heavy atom. The van der Waals surface area contributed by atoms with Gasteiger partial charge in [0.25, 0.3) is 0 Å². The van der Waals surface area contributed by atoms with Crippen molar-refractivity contribution in [3.63, 3.8) is 0 Å². The summed E-state index contributed by atoms with van der Waals surface area (Å²) in [6.45, 7) is 4.83. The standard InChI is InChI=1S/C23H31FO5/c1-14-9-16-17-7-6-15-5-3-4-8-20(15,2)22(17,24)19(25)10-18(16)23(14)21(28-13-29-23)11-26-12-27-21/h4-5,8,14,16-19,25H,3,6-7,9-13H2,1-2H3/t14-,16+,17+,18?,19+,20+,21?,22+,23-/m1/s1. The van der Waals surface area contributed by atoms with Crippen molar-refractivity contribution in [2.75, 3.05) is 20.2 Å². The van der Waals surface area contributed by atoms with E-state index >= 15 is 4.39 Å². The summed E-state index contributed by atoms with van der Waals surface area (Å²) in [7, 11) is 0. The van der Waals surface area contributed by atoms with Gasteiger partial charge in [-0.2, -0.15) is 0 Å². The van der Waals surface area contributed by atoms with Crippen LogP contribution in [-0.2, 0) is 18.9 Å². The molecule has 0 aromatic heterocycles. The largest absolute Gasteiger partial charge is 0.390 e. The molecule has 2 saturated heterocycles. The van der Waals surface area contributed by atoms with Gasteiger partial charge in [0.05, 0.1) is 6.10 Å². The number of ether oxygens (including phenoxy) is 4. The zero-order valence-corrected chi connectivity index (χ0v) is 17.2. The molecule has 29 heavy (non-hydrogen) atoms. The predicted molar refractivity (Wildman–Crippen MR) is 102 cm³/mol. The van der Waals surface area contributed by atoms with Gasteiger partial charge in [-0.05, 0) is 56.8 Å². The highest BCUT2D eigenvalue weighted by Crippen LogP contribution is 2.69. The summed E-state index contributed by atoms with van der Waals surface area (Å²) in [5, 5.41) is 11.4. The highest BCUT2D eigenvalue weighted by Gasteiger charge is 2.77. The van der Waals surface area contributed by atoms with Crippen LogP contribution in [0, 0.1) is 29.1 Å². The molecule has 0 amide bonds. The maximum Gasteiger partial charge on any atom is 0.226 e. The monoisotopic (exact) mass is 406 g/mol. The number of fused-ring (bicyclic) bond motifs is 7. The summed E-state index contributed by atoms with van der Waals surface area (Å²) >= 11 is 0. The molecule has 160 valence electrons. The zero-order valence-electron chi connectivity index (χ0n) is 17.2. The van der Waals surface area contributed by atoms with Gasteiger partial charge >= 0.3 is 0 Å². The zero-order chi connectivity index (χ0) is 20.1. The Balaban J connectivity index is 1.44. The van der Waals surface area contributed by atoms with Crippen molar-refractivity contribution in [2.45, 2.75) is 69.1 Å². The molecule has 0 radical (unpaired) electrons. The topological polar surface area (TPSA) is 57.2 Å². The average molecular weight is 406 g/mol. The first-order valence-corrected chi connectivity index (χ1v) is 11.1. The second kappa shape index (κ2) is 5.92. The van der Waals surface area contributed by atoms with Crippen molar-refractivity contribution in [1.82, 2.24) is 0 Å². The van der Waals surface area contributed by atoms with Crippen LogP contribution in [0.15, 0.2) is 23.8 Å². The maximum atomic E-state index is 17.1. The normalized spacial score (nSPS) is 58.3.